The van der Waals surface area contributed by atoms with Gasteiger partial charge in [-0.25, -0.2) is 0 Å². The molecule has 0 bridgehead atoms. The van der Waals surface area contributed by atoms with Crippen LogP contribution in [0.5, 0.6) is 5.75 Å². The number of carbonyl (C=O) groups excluding carboxylic acids is 2. The van der Waals surface area contributed by atoms with E-state index in [0.717, 1.165) is 29.7 Å². The van der Waals surface area contributed by atoms with Crippen molar-refractivity contribution in [2.45, 2.75) is 58.0 Å². The van der Waals surface area contributed by atoms with Crippen molar-refractivity contribution in [3.63, 3.8) is 0 Å². The lowest BCUT2D eigenvalue weighted by Gasteiger charge is -2.28. The van der Waals surface area contributed by atoms with E-state index in [9.17, 15) is 9.59 Å². The lowest BCUT2D eigenvalue weighted by Crippen LogP contribution is -2.44. The van der Waals surface area contributed by atoms with Crippen LogP contribution in [0.2, 0.25) is 0 Å². The summed E-state index contributed by atoms with van der Waals surface area (Å²) < 4.78 is 5.59. The Morgan fingerprint density at radius 1 is 0.925 bits per heavy atom. The first-order chi connectivity index (χ1) is 19.2. The van der Waals surface area contributed by atoms with Crippen LogP contribution in [0.4, 0.5) is 0 Å². The first kappa shape index (κ1) is 27.5. The molecule has 0 radical (unpaired) electrons. The molecule has 2 amide bonds. The summed E-state index contributed by atoms with van der Waals surface area (Å²) in [7, 11) is 1.65. The van der Waals surface area contributed by atoms with Crippen LogP contribution < -0.4 is 4.74 Å². The van der Waals surface area contributed by atoms with Crippen LogP contribution in [0.15, 0.2) is 79.0 Å². The topological polar surface area (TPSA) is 65.6 Å². The Bertz CT molecular complexity index is 1480. The summed E-state index contributed by atoms with van der Waals surface area (Å²) in [5.74, 6) is 0.615. The van der Waals surface area contributed by atoms with Gasteiger partial charge >= 0.3 is 0 Å². The second-order valence-corrected chi connectivity index (χ2v) is 11.7. The summed E-state index contributed by atoms with van der Waals surface area (Å²) in [6.45, 7) is 7.49. The molecule has 4 aromatic rings. The summed E-state index contributed by atoms with van der Waals surface area (Å²) in [6, 6.07) is 24.0. The van der Waals surface area contributed by atoms with Crippen LogP contribution in [0.1, 0.15) is 60.7 Å². The van der Waals surface area contributed by atoms with E-state index in [0.29, 0.717) is 25.1 Å². The van der Waals surface area contributed by atoms with Crippen LogP contribution >= 0.6 is 0 Å². The van der Waals surface area contributed by atoms with Gasteiger partial charge in [0.1, 0.15) is 12.3 Å². The number of hydrogen-bond acceptors (Lipinski definition) is 3. The highest BCUT2D eigenvalue weighted by Crippen LogP contribution is 2.30. The van der Waals surface area contributed by atoms with Gasteiger partial charge in [0.15, 0.2) is 0 Å². The zero-order valence-electron chi connectivity index (χ0n) is 23.9. The monoisotopic (exact) mass is 537 g/mol. The second kappa shape index (κ2) is 11.6. The van der Waals surface area contributed by atoms with Crippen molar-refractivity contribution >= 4 is 22.7 Å². The number of nitrogens with one attached hydrogen (secondary N) is 1. The molecule has 3 aromatic carbocycles. The number of amides is 2. The lowest BCUT2D eigenvalue weighted by molar-refractivity contribution is -0.132. The Morgan fingerprint density at radius 3 is 2.33 bits per heavy atom. The third kappa shape index (κ3) is 6.22. The van der Waals surface area contributed by atoms with Crippen molar-refractivity contribution in [2.24, 2.45) is 0 Å². The molecule has 0 aliphatic heterocycles. The van der Waals surface area contributed by atoms with Crippen molar-refractivity contribution < 1.29 is 14.3 Å². The number of methoxy groups -OCH3 is 1. The van der Waals surface area contributed by atoms with Crippen LogP contribution in [-0.4, -0.2) is 52.8 Å². The van der Waals surface area contributed by atoms with Gasteiger partial charge in [-0.1, -0.05) is 69.3 Å². The highest BCUT2D eigenvalue weighted by Gasteiger charge is 2.35. The number of fused-ring (bicyclic) bond motifs is 1. The van der Waals surface area contributed by atoms with E-state index < -0.39 is 0 Å². The Labute approximate surface area is 236 Å². The highest BCUT2D eigenvalue weighted by molar-refractivity contribution is 5.97. The minimum absolute atomic E-state index is 0.0114. The van der Waals surface area contributed by atoms with Crippen LogP contribution in [0.3, 0.4) is 0 Å². The molecule has 6 heteroatoms. The van der Waals surface area contributed by atoms with E-state index in [4.69, 9.17) is 4.74 Å². The zero-order chi connectivity index (χ0) is 28.3. The molecule has 1 N–H and O–H groups in total. The third-order valence-corrected chi connectivity index (χ3v) is 7.78. The third-order valence-electron chi connectivity index (χ3n) is 7.78. The Hall–Kier alpha value is -4.06. The highest BCUT2D eigenvalue weighted by atomic mass is 16.5. The Balaban J connectivity index is 1.36. The van der Waals surface area contributed by atoms with Crippen LogP contribution in [0.25, 0.3) is 10.9 Å². The maximum Gasteiger partial charge on any atom is 0.254 e. The van der Waals surface area contributed by atoms with Gasteiger partial charge in [0.2, 0.25) is 5.91 Å². The number of hydrogen-bond donors (Lipinski definition) is 1. The van der Waals surface area contributed by atoms with Crippen LogP contribution in [-0.2, 0) is 23.2 Å². The summed E-state index contributed by atoms with van der Waals surface area (Å²) in [5, 5.41) is 1.17. The van der Waals surface area contributed by atoms with Crippen molar-refractivity contribution in [2.75, 3.05) is 20.2 Å². The standard InChI is InChI=1S/C34H39N3O3/c1-34(2,3)27-15-13-24(14-16-27)33(39)37(28-17-18-28)23-32(38)36(22-26-9-5-8-12-31(26)40-4)20-19-25-21-35-30-11-7-6-10-29(25)30/h5-16,21,28,35H,17-20,22-23H2,1-4H3. The number of aromatic nitrogens is 1. The molecule has 5 rings (SSSR count). The van der Waals surface area contributed by atoms with E-state index in [-0.39, 0.29) is 29.8 Å². The fourth-order valence-corrected chi connectivity index (χ4v) is 5.20. The molecule has 1 heterocycles. The van der Waals surface area contributed by atoms with Crippen molar-refractivity contribution in [1.29, 1.82) is 0 Å². The average molecular weight is 538 g/mol. The molecular weight excluding hydrogens is 498 g/mol. The number of rotatable bonds is 10. The van der Waals surface area contributed by atoms with Gasteiger partial charge in [-0.05, 0) is 60.1 Å². The fourth-order valence-electron chi connectivity index (χ4n) is 5.20. The normalized spacial score (nSPS) is 13.3. The lowest BCUT2D eigenvalue weighted by atomic mass is 9.86. The molecule has 0 saturated heterocycles. The maximum atomic E-state index is 13.9. The molecule has 1 aliphatic carbocycles. The van der Waals surface area contributed by atoms with Crippen molar-refractivity contribution in [3.05, 3.63) is 101 Å². The molecule has 1 aromatic heterocycles. The van der Waals surface area contributed by atoms with Gasteiger partial charge in [0, 0.05) is 47.4 Å². The molecule has 1 fully saturated rings. The number of nitrogens with zero attached hydrogens (tertiary/aromatic N) is 2. The molecule has 1 saturated carbocycles. The number of ether oxygens (including phenoxy) is 1. The summed E-state index contributed by atoms with van der Waals surface area (Å²) in [6.07, 6.45) is 4.59. The number of carbonyl (C=O) groups is 2. The Morgan fingerprint density at radius 2 is 1.62 bits per heavy atom. The largest absolute Gasteiger partial charge is 0.496 e. The molecule has 208 valence electrons. The Kier molecular flexibility index (Phi) is 7.97. The van der Waals surface area contributed by atoms with Gasteiger partial charge in [-0.15, -0.1) is 0 Å². The predicted octanol–water partition coefficient (Wildman–Crippen LogP) is 6.35. The molecule has 0 unspecified atom stereocenters. The molecule has 40 heavy (non-hydrogen) atoms. The van der Waals surface area contributed by atoms with Gasteiger partial charge in [-0.3, -0.25) is 9.59 Å². The fraction of sp³-hybridized carbons (Fsp3) is 0.353. The minimum Gasteiger partial charge on any atom is -0.496 e. The van der Waals surface area contributed by atoms with Gasteiger partial charge < -0.3 is 19.5 Å². The molecule has 0 spiro atoms. The number of aromatic amines is 1. The minimum atomic E-state index is -0.0785. The number of benzene rings is 3. The zero-order valence-corrected chi connectivity index (χ0v) is 23.9. The van der Waals surface area contributed by atoms with Crippen LogP contribution in [0, 0.1) is 0 Å². The maximum absolute atomic E-state index is 13.9. The molecule has 6 nitrogen and oxygen atoms in total. The quantitative estimate of drug-likeness (QED) is 0.256. The van der Waals surface area contributed by atoms with Gasteiger partial charge in [0.25, 0.3) is 5.91 Å². The van der Waals surface area contributed by atoms with E-state index >= 15 is 0 Å². The van der Waals surface area contributed by atoms with Crippen molar-refractivity contribution in [3.8, 4) is 5.75 Å². The van der Waals surface area contributed by atoms with Gasteiger partial charge in [-0.2, -0.15) is 0 Å². The molecular formula is C34H39N3O3. The van der Waals surface area contributed by atoms with Crippen molar-refractivity contribution in [1.82, 2.24) is 14.8 Å². The summed E-state index contributed by atoms with van der Waals surface area (Å²) in [4.78, 5) is 34.5. The van der Waals surface area contributed by atoms with E-state index in [1.165, 1.54) is 16.5 Å². The van der Waals surface area contributed by atoms with E-state index in [2.05, 4.69) is 37.9 Å². The average Bonchev–Trinajstić information content (AvgIpc) is 3.72. The number of H-pyrrole nitrogens is 1. The summed E-state index contributed by atoms with van der Waals surface area (Å²) in [5.41, 5.74) is 5.02. The van der Waals surface area contributed by atoms with E-state index in [1.54, 1.807) is 12.0 Å². The molecule has 1 aliphatic rings. The van der Waals surface area contributed by atoms with Gasteiger partial charge in [0.05, 0.1) is 7.11 Å². The first-order valence-corrected chi connectivity index (χ1v) is 14.1. The summed E-state index contributed by atoms with van der Waals surface area (Å²) >= 11 is 0. The predicted molar refractivity (Wildman–Crippen MR) is 160 cm³/mol. The second-order valence-electron chi connectivity index (χ2n) is 11.7. The number of para-hydroxylation sites is 2. The first-order valence-electron chi connectivity index (χ1n) is 14.1. The van der Waals surface area contributed by atoms with E-state index in [1.807, 2.05) is 71.8 Å². The SMILES string of the molecule is COc1ccccc1CN(CCc1c[nH]c2ccccc12)C(=O)CN(C(=O)c1ccc(C(C)(C)C)cc1)C1CC1. The molecule has 0 atom stereocenters. The smallest absolute Gasteiger partial charge is 0.254 e.